The minimum absolute atomic E-state index is 0.171. The lowest BCUT2D eigenvalue weighted by molar-refractivity contribution is 0.253. The highest BCUT2D eigenvalue weighted by Gasteiger charge is 2.38. The Kier molecular flexibility index (Phi) is 5.32. The maximum atomic E-state index is 10.4. The van der Waals surface area contributed by atoms with E-state index in [2.05, 4.69) is 36.1 Å². The Bertz CT molecular complexity index is 677. The third-order valence-corrected chi connectivity index (χ3v) is 5.53. The van der Waals surface area contributed by atoms with Crippen molar-refractivity contribution in [3.63, 3.8) is 0 Å². The van der Waals surface area contributed by atoms with E-state index in [-0.39, 0.29) is 5.92 Å². The molecule has 3 rings (SSSR count). The molecule has 2 aromatic carbocycles. The van der Waals surface area contributed by atoms with E-state index in [1.165, 1.54) is 5.56 Å². The van der Waals surface area contributed by atoms with Gasteiger partial charge in [0.2, 0.25) is 0 Å². The van der Waals surface area contributed by atoms with E-state index >= 15 is 0 Å². The fourth-order valence-electron chi connectivity index (χ4n) is 3.73. The van der Waals surface area contributed by atoms with Crippen molar-refractivity contribution in [2.24, 2.45) is 5.92 Å². The Balaban J connectivity index is 1.88. The van der Waals surface area contributed by atoms with Crippen molar-refractivity contribution in [1.29, 1.82) is 0 Å². The summed E-state index contributed by atoms with van der Waals surface area (Å²) in [6, 6.07) is 16.3. The Morgan fingerprint density at radius 1 is 1.17 bits per heavy atom. The van der Waals surface area contributed by atoms with Gasteiger partial charge < -0.3 is 9.84 Å². The maximum Gasteiger partial charge on any atom is 0.126 e. The van der Waals surface area contributed by atoms with Crippen LogP contribution in [0.5, 0.6) is 11.5 Å². The van der Waals surface area contributed by atoms with E-state index in [4.69, 9.17) is 16.3 Å². The van der Waals surface area contributed by atoms with Gasteiger partial charge in [-0.1, -0.05) is 36.4 Å². The molecule has 2 aromatic rings. The van der Waals surface area contributed by atoms with Crippen LogP contribution in [0.1, 0.15) is 30.0 Å². The molecule has 128 valence electrons. The number of nitrogens with zero attached hydrogens (tertiary/aromatic N) is 1. The second-order valence-corrected chi connectivity index (χ2v) is 6.76. The van der Waals surface area contributed by atoms with Crippen molar-refractivity contribution in [3.8, 4) is 11.5 Å². The van der Waals surface area contributed by atoms with Crippen LogP contribution >= 0.6 is 11.6 Å². The summed E-state index contributed by atoms with van der Waals surface area (Å²) in [6.45, 7) is 4.01. The monoisotopic (exact) mass is 345 g/mol. The zero-order valence-electron chi connectivity index (χ0n) is 14.2. The quantitative estimate of drug-likeness (QED) is 0.814. The molecule has 0 amide bonds. The Labute approximate surface area is 148 Å². The lowest BCUT2D eigenvalue weighted by atomic mass is 9.89. The summed E-state index contributed by atoms with van der Waals surface area (Å²) in [6.07, 6.45) is 0. The molecule has 0 aromatic heterocycles. The van der Waals surface area contributed by atoms with Crippen LogP contribution in [0.15, 0.2) is 48.5 Å². The summed E-state index contributed by atoms with van der Waals surface area (Å²) in [5.74, 6) is 2.07. The van der Waals surface area contributed by atoms with Crippen LogP contribution in [0.25, 0.3) is 0 Å². The molecule has 0 radical (unpaired) electrons. The first-order chi connectivity index (χ1) is 11.7. The van der Waals surface area contributed by atoms with Gasteiger partial charge >= 0.3 is 0 Å². The largest absolute Gasteiger partial charge is 0.508 e. The van der Waals surface area contributed by atoms with Crippen LogP contribution in [0.2, 0.25) is 0 Å². The van der Waals surface area contributed by atoms with Gasteiger partial charge in [0.05, 0.1) is 7.11 Å². The number of halogens is 1. The molecule has 3 atom stereocenters. The number of hydrogen-bond acceptors (Lipinski definition) is 3. The number of aromatic hydroxyl groups is 1. The van der Waals surface area contributed by atoms with Crippen molar-refractivity contribution in [1.82, 2.24) is 4.90 Å². The molecule has 0 spiro atoms. The number of benzene rings is 2. The first kappa shape index (κ1) is 17.1. The summed E-state index contributed by atoms with van der Waals surface area (Å²) in [5, 5.41) is 10.4. The third kappa shape index (κ3) is 3.24. The van der Waals surface area contributed by atoms with Gasteiger partial charge in [-0.25, -0.2) is 0 Å². The normalized spacial score (nSPS) is 22.5. The Morgan fingerprint density at radius 3 is 2.58 bits per heavy atom. The molecule has 1 aliphatic rings. The van der Waals surface area contributed by atoms with Crippen LogP contribution in [-0.2, 0) is 0 Å². The number of phenolic OH excluding ortho intramolecular Hbond substituents is 1. The predicted octanol–water partition coefficient (Wildman–Crippen LogP) is 4.42. The lowest BCUT2D eigenvalue weighted by Gasteiger charge is -2.25. The number of likely N-dealkylation sites (tertiary alicyclic amines) is 1. The molecule has 1 saturated heterocycles. The predicted molar refractivity (Wildman–Crippen MR) is 98.0 cm³/mol. The standard InChI is InChI=1S/C20H24ClNO2/c1-14(15-7-4-3-5-8-15)22-12-16(11-21)17(13-22)20-18(23)9-6-10-19(20)24-2/h3-10,14,16-17,23H,11-13H2,1-2H3/t14-,16-,17-/m1/s1. The number of alkyl halides is 1. The number of rotatable bonds is 5. The molecular formula is C20H24ClNO2. The van der Waals surface area contributed by atoms with Crippen molar-refractivity contribution in [3.05, 3.63) is 59.7 Å². The van der Waals surface area contributed by atoms with E-state index in [1.54, 1.807) is 13.2 Å². The lowest BCUT2D eigenvalue weighted by Crippen LogP contribution is -2.24. The first-order valence-corrected chi connectivity index (χ1v) is 8.90. The number of methoxy groups -OCH3 is 1. The summed E-state index contributed by atoms with van der Waals surface area (Å²) in [5.41, 5.74) is 2.18. The molecule has 1 aliphatic heterocycles. The zero-order valence-corrected chi connectivity index (χ0v) is 14.9. The Hall–Kier alpha value is -1.71. The second kappa shape index (κ2) is 7.45. The zero-order chi connectivity index (χ0) is 17.1. The van der Waals surface area contributed by atoms with E-state index in [9.17, 15) is 5.11 Å². The molecule has 0 unspecified atom stereocenters. The van der Waals surface area contributed by atoms with E-state index in [1.807, 2.05) is 18.2 Å². The van der Waals surface area contributed by atoms with Gasteiger partial charge in [0.15, 0.2) is 0 Å². The molecule has 0 bridgehead atoms. The number of ether oxygens (including phenoxy) is 1. The minimum Gasteiger partial charge on any atom is -0.508 e. The van der Waals surface area contributed by atoms with Gasteiger partial charge in [-0.3, -0.25) is 4.90 Å². The van der Waals surface area contributed by atoms with Crippen molar-refractivity contribution >= 4 is 11.6 Å². The van der Waals surface area contributed by atoms with Gasteiger partial charge in [0, 0.05) is 36.5 Å². The number of hydrogen-bond donors (Lipinski definition) is 1. The minimum atomic E-state index is 0.171. The molecule has 1 fully saturated rings. The third-order valence-electron chi connectivity index (χ3n) is 5.13. The summed E-state index contributed by atoms with van der Waals surface area (Å²) < 4.78 is 5.49. The van der Waals surface area contributed by atoms with E-state index in [0.29, 0.717) is 23.6 Å². The average molecular weight is 346 g/mol. The summed E-state index contributed by atoms with van der Waals surface area (Å²) >= 11 is 6.27. The van der Waals surface area contributed by atoms with Crippen molar-refractivity contribution in [2.45, 2.75) is 18.9 Å². The molecule has 3 nitrogen and oxygen atoms in total. The number of phenols is 1. The van der Waals surface area contributed by atoms with Crippen LogP contribution in [-0.4, -0.2) is 36.1 Å². The Morgan fingerprint density at radius 2 is 1.92 bits per heavy atom. The van der Waals surface area contributed by atoms with E-state index < -0.39 is 0 Å². The molecule has 0 aliphatic carbocycles. The van der Waals surface area contributed by atoms with Gasteiger partial charge in [-0.15, -0.1) is 11.6 Å². The molecule has 24 heavy (non-hydrogen) atoms. The second-order valence-electron chi connectivity index (χ2n) is 6.45. The highest BCUT2D eigenvalue weighted by Crippen LogP contribution is 2.44. The van der Waals surface area contributed by atoms with Crippen LogP contribution in [0.4, 0.5) is 0 Å². The van der Waals surface area contributed by atoms with Crippen LogP contribution in [0.3, 0.4) is 0 Å². The SMILES string of the molecule is COc1cccc(O)c1[C@@H]1CN([C@H](C)c2ccccc2)C[C@H]1CCl. The van der Waals surface area contributed by atoms with Crippen LogP contribution in [0, 0.1) is 5.92 Å². The van der Waals surface area contributed by atoms with Gasteiger partial charge in [-0.05, 0) is 30.5 Å². The van der Waals surface area contributed by atoms with Gasteiger partial charge in [0.1, 0.15) is 11.5 Å². The summed E-state index contributed by atoms with van der Waals surface area (Å²) in [7, 11) is 1.65. The highest BCUT2D eigenvalue weighted by molar-refractivity contribution is 6.18. The smallest absolute Gasteiger partial charge is 0.126 e. The summed E-state index contributed by atoms with van der Waals surface area (Å²) in [4.78, 5) is 2.44. The van der Waals surface area contributed by atoms with Gasteiger partial charge in [0.25, 0.3) is 0 Å². The molecule has 1 N–H and O–H groups in total. The topological polar surface area (TPSA) is 32.7 Å². The van der Waals surface area contributed by atoms with E-state index in [0.717, 1.165) is 24.4 Å². The maximum absolute atomic E-state index is 10.4. The average Bonchev–Trinajstić information content (AvgIpc) is 3.05. The molecule has 0 saturated carbocycles. The van der Waals surface area contributed by atoms with Crippen molar-refractivity contribution < 1.29 is 9.84 Å². The fourth-order valence-corrected chi connectivity index (χ4v) is 4.04. The molecular weight excluding hydrogens is 322 g/mol. The first-order valence-electron chi connectivity index (χ1n) is 8.36. The van der Waals surface area contributed by atoms with Gasteiger partial charge in [-0.2, -0.15) is 0 Å². The van der Waals surface area contributed by atoms with Crippen LogP contribution < -0.4 is 4.74 Å². The molecule has 1 heterocycles. The van der Waals surface area contributed by atoms with Crippen molar-refractivity contribution in [2.75, 3.05) is 26.1 Å². The fraction of sp³-hybridized carbons (Fsp3) is 0.400. The highest BCUT2D eigenvalue weighted by atomic mass is 35.5. The molecule has 4 heteroatoms.